The van der Waals surface area contributed by atoms with Crippen molar-refractivity contribution in [2.24, 2.45) is 0 Å². The Bertz CT molecular complexity index is 1450. The van der Waals surface area contributed by atoms with Gasteiger partial charge in [0.05, 0.1) is 6.61 Å². The first-order chi connectivity index (χ1) is 18.0. The van der Waals surface area contributed by atoms with E-state index in [4.69, 9.17) is 4.74 Å². The molecule has 0 bridgehead atoms. The van der Waals surface area contributed by atoms with Crippen molar-refractivity contribution in [3.8, 4) is 5.75 Å². The number of anilines is 1. The van der Waals surface area contributed by atoms with Crippen LogP contribution in [0.1, 0.15) is 44.4 Å². The summed E-state index contributed by atoms with van der Waals surface area (Å²) < 4.78 is 19.1. The van der Waals surface area contributed by atoms with E-state index in [1.54, 1.807) is 41.3 Å². The highest BCUT2D eigenvalue weighted by Crippen LogP contribution is 2.30. The van der Waals surface area contributed by atoms with Gasteiger partial charge in [0.25, 0.3) is 17.7 Å². The van der Waals surface area contributed by atoms with Gasteiger partial charge in [-0.05, 0) is 67.3 Å². The van der Waals surface area contributed by atoms with Crippen molar-refractivity contribution in [2.45, 2.75) is 13.3 Å². The summed E-state index contributed by atoms with van der Waals surface area (Å²) in [6.07, 6.45) is 0.349. The van der Waals surface area contributed by atoms with Crippen LogP contribution in [0.15, 0.2) is 84.9 Å². The number of carbonyl (C=O) groups is 3. The molecule has 7 heteroatoms. The summed E-state index contributed by atoms with van der Waals surface area (Å²) in [6, 6.07) is 23.4. The highest BCUT2D eigenvalue weighted by Gasteiger charge is 2.32. The lowest BCUT2D eigenvalue weighted by Gasteiger charge is -2.29. The van der Waals surface area contributed by atoms with Gasteiger partial charge in [-0.25, -0.2) is 4.39 Å². The maximum absolute atomic E-state index is 13.5. The van der Waals surface area contributed by atoms with Crippen molar-refractivity contribution < 1.29 is 23.5 Å². The van der Waals surface area contributed by atoms with Crippen molar-refractivity contribution in [1.82, 2.24) is 4.90 Å². The van der Waals surface area contributed by atoms with E-state index in [1.807, 2.05) is 31.2 Å². The number of ether oxygens (including phenoxy) is 1. The predicted molar refractivity (Wildman–Crippen MR) is 140 cm³/mol. The van der Waals surface area contributed by atoms with Crippen LogP contribution in [0.25, 0.3) is 10.8 Å². The number of nitrogens with zero attached hydrogens (tertiary/aromatic N) is 2. The highest BCUT2D eigenvalue weighted by atomic mass is 19.1. The zero-order valence-corrected chi connectivity index (χ0v) is 20.3. The van der Waals surface area contributed by atoms with E-state index in [0.717, 1.165) is 5.39 Å². The van der Waals surface area contributed by atoms with Crippen molar-refractivity contribution in [3.05, 3.63) is 107 Å². The fourth-order valence-corrected chi connectivity index (χ4v) is 4.67. The quantitative estimate of drug-likeness (QED) is 0.293. The third-order valence-corrected chi connectivity index (χ3v) is 6.40. The summed E-state index contributed by atoms with van der Waals surface area (Å²) in [5.41, 5.74) is 1.92. The zero-order valence-electron chi connectivity index (χ0n) is 20.3. The molecule has 0 spiro atoms. The Balaban J connectivity index is 1.39. The maximum Gasteiger partial charge on any atom is 0.261 e. The third-order valence-electron chi connectivity index (χ3n) is 6.40. The van der Waals surface area contributed by atoms with Gasteiger partial charge in [-0.1, -0.05) is 30.3 Å². The van der Waals surface area contributed by atoms with E-state index in [9.17, 15) is 18.8 Å². The second kappa shape index (κ2) is 10.2. The minimum Gasteiger partial charge on any atom is -0.494 e. The van der Waals surface area contributed by atoms with E-state index in [-0.39, 0.29) is 30.8 Å². The highest BCUT2D eigenvalue weighted by molar-refractivity contribution is 6.25. The van der Waals surface area contributed by atoms with Crippen LogP contribution in [0.5, 0.6) is 5.75 Å². The van der Waals surface area contributed by atoms with Gasteiger partial charge in [0.1, 0.15) is 11.6 Å². The molecule has 0 aromatic heterocycles. The van der Waals surface area contributed by atoms with Gasteiger partial charge in [0, 0.05) is 46.9 Å². The van der Waals surface area contributed by atoms with Crippen molar-refractivity contribution in [3.63, 3.8) is 0 Å². The molecule has 37 heavy (non-hydrogen) atoms. The SMILES string of the molecule is CCOc1cccc(N(CCCN2C(=O)c3cccc4cccc(c34)C2=O)C(=O)c2ccc(F)cc2)c1. The molecule has 186 valence electrons. The molecule has 0 saturated heterocycles. The molecule has 4 aromatic rings. The van der Waals surface area contributed by atoms with Crippen molar-refractivity contribution >= 4 is 34.2 Å². The number of amides is 3. The zero-order chi connectivity index (χ0) is 25.9. The summed E-state index contributed by atoms with van der Waals surface area (Å²) in [7, 11) is 0. The molecule has 3 amide bonds. The Morgan fingerprint density at radius 1 is 0.892 bits per heavy atom. The molecule has 6 nitrogen and oxygen atoms in total. The molecular formula is C30H25FN2O4. The third kappa shape index (κ3) is 4.68. The Kier molecular flexibility index (Phi) is 6.68. The Morgan fingerprint density at radius 3 is 2.19 bits per heavy atom. The van der Waals surface area contributed by atoms with Crippen LogP contribution >= 0.6 is 0 Å². The van der Waals surface area contributed by atoms with Crippen molar-refractivity contribution in [1.29, 1.82) is 0 Å². The molecule has 1 heterocycles. The topological polar surface area (TPSA) is 66.9 Å². The standard InChI is InChI=1S/C30H25FN2O4/c1-2-37-24-10-5-9-23(19-24)32(28(34)21-13-15-22(31)16-14-21)17-6-18-33-29(35)25-11-3-7-20-8-4-12-26(27(20)25)30(33)36/h3-5,7-16,19H,2,6,17-18H2,1H3. The number of imide groups is 1. The van der Waals surface area contributed by atoms with Gasteiger partial charge in [-0.2, -0.15) is 0 Å². The number of rotatable bonds is 8. The van der Waals surface area contributed by atoms with Gasteiger partial charge in [0.2, 0.25) is 0 Å². The molecule has 0 aliphatic carbocycles. The van der Waals surface area contributed by atoms with Gasteiger partial charge in [-0.15, -0.1) is 0 Å². The van der Waals surface area contributed by atoms with E-state index in [1.165, 1.54) is 29.2 Å². The summed E-state index contributed by atoms with van der Waals surface area (Å²) in [6.45, 7) is 2.72. The molecular weight excluding hydrogens is 471 g/mol. The largest absolute Gasteiger partial charge is 0.494 e. The van der Waals surface area contributed by atoms with E-state index in [0.29, 0.717) is 46.5 Å². The van der Waals surface area contributed by atoms with Gasteiger partial charge < -0.3 is 9.64 Å². The number of benzene rings is 4. The molecule has 1 aliphatic rings. The lowest BCUT2D eigenvalue weighted by atomic mass is 9.94. The normalized spacial score (nSPS) is 12.6. The minimum atomic E-state index is -0.432. The molecule has 0 radical (unpaired) electrons. The summed E-state index contributed by atoms with van der Waals surface area (Å²) in [5.74, 6) is -0.824. The Hall–Kier alpha value is -4.52. The molecule has 0 fully saturated rings. The number of hydrogen-bond donors (Lipinski definition) is 0. The molecule has 0 unspecified atom stereocenters. The first-order valence-electron chi connectivity index (χ1n) is 12.2. The smallest absolute Gasteiger partial charge is 0.261 e. The van der Waals surface area contributed by atoms with Crippen LogP contribution in [0.4, 0.5) is 10.1 Å². The summed E-state index contributed by atoms with van der Waals surface area (Å²) in [5, 5.41) is 1.53. The van der Waals surface area contributed by atoms with E-state index >= 15 is 0 Å². The van der Waals surface area contributed by atoms with Crippen LogP contribution in [0.2, 0.25) is 0 Å². The average Bonchev–Trinajstić information content (AvgIpc) is 2.91. The molecule has 5 rings (SSSR count). The predicted octanol–water partition coefficient (Wildman–Crippen LogP) is 5.71. The van der Waals surface area contributed by atoms with Crippen LogP contribution in [0.3, 0.4) is 0 Å². The molecule has 0 N–H and O–H groups in total. The first-order valence-corrected chi connectivity index (χ1v) is 12.2. The minimum absolute atomic E-state index is 0.140. The molecule has 4 aromatic carbocycles. The maximum atomic E-state index is 13.5. The van der Waals surface area contributed by atoms with E-state index < -0.39 is 5.82 Å². The second-order valence-corrected chi connectivity index (χ2v) is 8.72. The van der Waals surface area contributed by atoms with Gasteiger partial charge >= 0.3 is 0 Å². The van der Waals surface area contributed by atoms with Gasteiger partial charge in [0.15, 0.2) is 0 Å². The lowest BCUT2D eigenvalue weighted by Crippen LogP contribution is -2.42. The fourth-order valence-electron chi connectivity index (χ4n) is 4.67. The van der Waals surface area contributed by atoms with Crippen LogP contribution in [-0.4, -0.2) is 42.3 Å². The monoisotopic (exact) mass is 496 g/mol. The second-order valence-electron chi connectivity index (χ2n) is 8.72. The number of halogens is 1. The Morgan fingerprint density at radius 2 is 1.54 bits per heavy atom. The van der Waals surface area contributed by atoms with Crippen LogP contribution < -0.4 is 9.64 Å². The van der Waals surface area contributed by atoms with Crippen LogP contribution in [-0.2, 0) is 0 Å². The lowest BCUT2D eigenvalue weighted by molar-refractivity contribution is 0.0610. The number of hydrogen-bond acceptors (Lipinski definition) is 4. The Labute approximate surface area is 213 Å². The summed E-state index contributed by atoms with van der Waals surface area (Å²) in [4.78, 5) is 42.7. The molecule has 1 aliphatic heterocycles. The van der Waals surface area contributed by atoms with Gasteiger partial charge in [-0.3, -0.25) is 19.3 Å². The first kappa shape index (κ1) is 24.2. The number of carbonyl (C=O) groups excluding carboxylic acids is 3. The fraction of sp³-hybridized carbons (Fsp3) is 0.167. The summed E-state index contributed by atoms with van der Waals surface area (Å²) >= 11 is 0. The van der Waals surface area contributed by atoms with E-state index in [2.05, 4.69) is 0 Å². The van der Waals surface area contributed by atoms with Crippen molar-refractivity contribution in [2.75, 3.05) is 24.6 Å². The van der Waals surface area contributed by atoms with Crippen LogP contribution in [0, 0.1) is 5.82 Å². The average molecular weight is 497 g/mol. The molecule has 0 saturated carbocycles. The molecule has 0 atom stereocenters.